The molecule has 0 aliphatic heterocycles. The number of ketones is 1. The summed E-state index contributed by atoms with van der Waals surface area (Å²) in [5, 5.41) is 3.14. The van der Waals surface area contributed by atoms with Crippen molar-refractivity contribution in [3.63, 3.8) is 0 Å². The second-order valence-electron chi connectivity index (χ2n) is 5.57. The Hall–Kier alpha value is -1.15. The number of nitrogens with one attached hydrogen (secondary N) is 1. The number of carbonyl (C=O) groups excluding carboxylic acids is 1. The minimum atomic E-state index is -0.105. The van der Waals surface area contributed by atoms with Gasteiger partial charge in [0.1, 0.15) is 0 Å². The quantitative estimate of drug-likeness (QED) is 0.778. The van der Waals surface area contributed by atoms with Crippen LogP contribution in [0.25, 0.3) is 0 Å². The summed E-state index contributed by atoms with van der Waals surface area (Å²) in [4.78, 5) is 12.4. The molecule has 98 valence electrons. The fraction of sp³-hybridized carbons (Fsp3) is 0.562. The third-order valence-electron chi connectivity index (χ3n) is 4.20. The predicted molar refractivity (Wildman–Crippen MR) is 75.1 cm³/mol. The summed E-state index contributed by atoms with van der Waals surface area (Å²) < 4.78 is 0. The van der Waals surface area contributed by atoms with Crippen LogP contribution in [0, 0.1) is 5.41 Å². The van der Waals surface area contributed by atoms with Gasteiger partial charge in [-0.25, -0.2) is 0 Å². The smallest absolute Gasteiger partial charge is 0.170 e. The van der Waals surface area contributed by atoms with Crippen LogP contribution in [-0.2, 0) is 0 Å². The molecular weight excluding hydrogens is 222 g/mol. The first-order chi connectivity index (χ1) is 8.63. The van der Waals surface area contributed by atoms with Gasteiger partial charge < -0.3 is 5.32 Å². The van der Waals surface area contributed by atoms with Crippen molar-refractivity contribution in [1.82, 2.24) is 5.32 Å². The maximum atomic E-state index is 12.4. The molecule has 1 fully saturated rings. The molecule has 0 saturated heterocycles. The van der Waals surface area contributed by atoms with E-state index >= 15 is 0 Å². The summed E-state index contributed by atoms with van der Waals surface area (Å²) in [5.74, 6) is 0.883. The van der Waals surface area contributed by atoms with Crippen LogP contribution in [-0.4, -0.2) is 19.4 Å². The molecule has 0 aromatic heterocycles. The predicted octanol–water partition coefficient (Wildman–Crippen LogP) is 3.38. The molecule has 1 N–H and O–H groups in total. The Kier molecular flexibility index (Phi) is 3.86. The summed E-state index contributed by atoms with van der Waals surface area (Å²) in [7, 11) is 1.92. The molecule has 1 aromatic rings. The highest BCUT2D eigenvalue weighted by Gasteiger charge is 2.48. The molecule has 0 radical (unpaired) electrons. The molecule has 18 heavy (non-hydrogen) atoms. The Morgan fingerprint density at radius 3 is 2.39 bits per heavy atom. The maximum Gasteiger partial charge on any atom is 0.170 e. The van der Waals surface area contributed by atoms with Gasteiger partial charge >= 0.3 is 0 Å². The van der Waals surface area contributed by atoms with E-state index in [1.54, 1.807) is 0 Å². The lowest BCUT2D eigenvalue weighted by Gasteiger charge is -2.14. The second-order valence-corrected chi connectivity index (χ2v) is 5.57. The summed E-state index contributed by atoms with van der Waals surface area (Å²) in [6, 6.07) is 8.22. The van der Waals surface area contributed by atoms with Gasteiger partial charge in [-0.1, -0.05) is 38.1 Å². The first-order valence-corrected chi connectivity index (χ1v) is 6.92. The van der Waals surface area contributed by atoms with Gasteiger partial charge in [0.25, 0.3) is 0 Å². The third kappa shape index (κ3) is 2.49. The van der Waals surface area contributed by atoms with E-state index in [1.165, 1.54) is 5.56 Å². The van der Waals surface area contributed by atoms with E-state index in [1.807, 2.05) is 19.2 Å². The second kappa shape index (κ2) is 5.23. The Morgan fingerprint density at radius 1 is 1.33 bits per heavy atom. The van der Waals surface area contributed by atoms with Crippen molar-refractivity contribution >= 4 is 5.78 Å². The van der Waals surface area contributed by atoms with Crippen LogP contribution in [0.3, 0.4) is 0 Å². The number of rotatable bonds is 6. The minimum absolute atomic E-state index is 0.105. The van der Waals surface area contributed by atoms with E-state index in [0.29, 0.717) is 11.7 Å². The van der Waals surface area contributed by atoms with E-state index in [9.17, 15) is 4.79 Å². The van der Waals surface area contributed by atoms with E-state index in [0.717, 1.165) is 31.4 Å². The number of carbonyl (C=O) groups is 1. The van der Waals surface area contributed by atoms with Crippen molar-refractivity contribution in [3.8, 4) is 0 Å². The third-order valence-corrected chi connectivity index (χ3v) is 4.20. The van der Waals surface area contributed by atoms with Gasteiger partial charge in [0.05, 0.1) is 0 Å². The van der Waals surface area contributed by atoms with Crippen LogP contribution in [0.2, 0.25) is 0 Å². The Morgan fingerprint density at radius 2 is 1.94 bits per heavy atom. The van der Waals surface area contributed by atoms with Crippen molar-refractivity contribution in [2.24, 2.45) is 5.41 Å². The molecule has 2 rings (SSSR count). The fourth-order valence-electron chi connectivity index (χ4n) is 2.48. The molecule has 0 spiro atoms. The monoisotopic (exact) mass is 245 g/mol. The van der Waals surface area contributed by atoms with Crippen LogP contribution in [0.4, 0.5) is 0 Å². The lowest BCUT2D eigenvalue weighted by molar-refractivity contribution is 0.0900. The largest absolute Gasteiger partial charge is 0.319 e. The van der Waals surface area contributed by atoms with Crippen LogP contribution < -0.4 is 5.32 Å². The molecule has 0 amide bonds. The van der Waals surface area contributed by atoms with Crippen molar-refractivity contribution in [1.29, 1.82) is 0 Å². The highest BCUT2D eigenvalue weighted by molar-refractivity contribution is 6.02. The van der Waals surface area contributed by atoms with Gasteiger partial charge in [0, 0.05) is 17.5 Å². The molecular formula is C16H23NO. The minimum Gasteiger partial charge on any atom is -0.319 e. The summed E-state index contributed by atoms with van der Waals surface area (Å²) in [6.07, 6.45) is 3.19. The van der Waals surface area contributed by atoms with Gasteiger partial charge in [-0.3, -0.25) is 4.79 Å². The summed E-state index contributed by atoms with van der Waals surface area (Å²) >= 11 is 0. The fourth-order valence-corrected chi connectivity index (χ4v) is 2.48. The molecule has 1 unspecified atom stereocenters. The molecule has 1 saturated carbocycles. The zero-order chi connectivity index (χ0) is 13.2. The topological polar surface area (TPSA) is 29.1 Å². The molecule has 1 aliphatic rings. The van der Waals surface area contributed by atoms with Gasteiger partial charge in [-0.2, -0.15) is 0 Å². The molecule has 2 nitrogen and oxygen atoms in total. The lowest BCUT2D eigenvalue weighted by Crippen LogP contribution is -2.27. The van der Waals surface area contributed by atoms with Crippen molar-refractivity contribution in [3.05, 3.63) is 35.4 Å². The molecule has 0 heterocycles. The molecule has 0 bridgehead atoms. The number of Topliss-reactive ketones (excluding diaryl/α,β-unsaturated/α-hetero) is 1. The van der Waals surface area contributed by atoms with Gasteiger partial charge in [0.15, 0.2) is 5.78 Å². The number of hydrogen-bond acceptors (Lipinski definition) is 2. The average molecular weight is 245 g/mol. The van der Waals surface area contributed by atoms with Crippen molar-refractivity contribution < 1.29 is 4.79 Å². The van der Waals surface area contributed by atoms with Gasteiger partial charge in [-0.15, -0.1) is 0 Å². The van der Waals surface area contributed by atoms with Crippen LogP contribution >= 0.6 is 0 Å². The first kappa shape index (κ1) is 13.3. The molecule has 1 atom stereocenters. The van der Waals surface area contributed by atoms with Crippen molar-refractivity contribution in [2.75, 3.05) is 13.6 Å². The zero-order valence-corrected chi connectivity index (χ0v) is 11.6. The molecule has 2 heteroatoms. The van der Waals surface area contributed by atoms with E-state index in [2.05, 4.69) is 31.3 Å². The summed E-state index contributed by atoms with van der Waals surface area (Å²) in [5.41, 5.74) is 2.09. The SMILES string of the molecule is CCC(C)c1ccc(C(=O)C2(CNC)CC2)cc1. The Labute approximate surface area is 110 Å². The van der Waals surface area contributed by atoms with E-state index < -0.39 is 0 Å². The zero-order valence-electron chi connectivity index (χ0n) is 11.6. The molecule has 1 aromatic carbocycles. The normalized spacial score (nSPS) is 18.4. The Balaban J connectivity index is 2.12. The lowest BCUT2D eigenvalue weighted by atomic mass is 9.92. The van der Waals surface area contributed by atoms with Crippen LogP contribution in [0.1, 0.15) is 54.9 Å². The standard InChI is InChI=1S/C16H23NO/c1-4-12(2)13-5-7-14(8-6-13)15(18)16(9-10-16)11-17-3/h5-8,12,17H,4,9-11H2,1-3H3. The van der Waals surface area contributed by atoms with Gasteiger partial charge in [0.2, 0.25) is 0 Å². The summed E-state index contributed by atoms with van der Waals surface area (Å²) in [6.45, 7) is 5.22. The van der Waals surface area contributed by atoms with Crippen LogP contribution in [0.5, 0.6) is 0 Å². The van der Waals surface area contributed by atoms with Gasteiger partial charge in [-0.05, 0) is 37.8 Å². The highest BCUT2D eigenvalue weighted by Crippen LogP contribution is 2.47. The number of hydrogen-bond donors (Lipinski definition) is 1. The highest BCUT2D eigenvalue weighted by atomic mass is 16.1. The number of benzene rings is 1. The van der Waals surface area contributed by atoms with Crippen molar-refractivity contribution in [2.45, 2.75) is 39.0 Å². The maximum absolute atomic E-state index is 12.4. The average Bonchev–Trinajstić information content (AvgIpc) is 3.18. The van der Waals surface area contributed by atoms with E-state index in [4.69, 9.17) is 0 Å². The van der Waals surface area contributed by atoms with E-state index in [-0.39, 0.29) is 5.41 Å². The first-order valence-electron chi connectivity index (χ1n) is 6.92. The van der Waals surface area contributed by atoms with Crippen LogP contribution in [0.15, 0.2) is 24.3 Å². The molecule has 1 aliphatic carbocycles. The Bertz CT molecular complexity index is 417.